The van der Waals surface area contributed by atoms with Crippen molar-refractivity contribution in [1.29, 1.82) is 5.26 Å². The molecule has 0 saturated carbocycles. The highest BCUT2D eigenvalue weighted by atomic mass is 16.2. The molecule has 0 radical (unpaired) electrons. The number of amides is 2. The zero-order valence-electron chi connectivity index (χ0n) is 10.3. The highest BCUT2D eigenvalue weighted by molar-refractivity contribution is 5.94. The predicted octanol–water partition coefficient (Wildman–Crippen LogP) is 0.923. The van der Waals surface area contributed by atoms with Crippen LogP contribution < -0.4 is 15.5 Å². The Bertz CT molecular complexity index is 480. The number of nitrogens with one attached hydrogen (secondary N) is 2. The molecule has 2 amide bonds. The van der Waals surface area contributed by atoms with Gasteiger partial charge in [-0.3, -0.25) is 4.90 Å². The number of carbonyl (C=O) groups excluding carboxylic acids is 1. The van der Waals surface area contributed by atoms with Crippen LogP contribution in [0.25, 0.3) is 0 Å². The molecule has 94 valence electrons. The summed E-state index contributed by atoms with van der Waals surface area (Å²) in [6, 6.07) is 9.16. The molecule has 0 aliphatic carbocycles. The van der Waals surface area contributed by atoms with E-state index in [4.69, 9.17) is 5.26 Å². The third-order valence-corrected chi connectivity index (χ3v) is 3.04. The SMILES string of the molecule is CNCC1CNC(=O)N(c2ccccc2C#N)C1. The fourth-order valence-corrected chi connectivity index (χ4v) is 2.17. The molecule has 1 fully saturated rings. The molecule has 1 unspecified atom stereocenters. The molecule has 1 aliphatic heterocycles. The Hall–Kier alpha value is -2.06. The molecule has 0 bridgehead atoms. The zero-order chi connectivity index (χ0) is 13.0. The first kappa shape index (κ1) is 12.4. The minimum Gasteiger partial charge on any atom is -0.337 e. The van der Waals surface area contributed by atoms with E-state index < -0.39 is 0 Å². The van der Waals surface area contributed by atoms with E-state index in [1.807, 2.05) is 13.1 Å². The monoisotopic (exact) mass is 244 g/mol. The van der Waals surface area contributed by atoms with Crippen LogP contribution in [0, 0.1) is 17.2 Å². The Morgan fingerprint density at radius 2 is 2.33 bits per heavy atom. The van der Waals surface area contributed by atoms with Crippen molar-refractivity contribution in [1.82, 2.24) is 10.6 Å². The molecule has 1 saturated heterocycles. The van der Waals surface area contributed by atoms with E-state index in [1.165, 1.54) is 0 Å². The van der Waals surface area contributed by atoms with Gasteiger partial charge < -0.3 is 10.6 Å². The molecule has 1 aliphatic rings. The number of anilines is 1. The van der Waals surface area contributed by atoms with Gasteiger partial charge in [0, 0.05) is 25.6 Å². The van der Waals surface area contributed by atoms with Gasteiger partial charge in [0.2, 0.25) is 0 Å². The second-order valence-corrected chi connectivity index (χ2v) is 4.35. The van der Waals surface area contributed by atoms with Crippen LogP contribution >= 0.6 is 0 Å². The highest BCUT2D eigenvalue weighted by Crippen LogP contribution is 2.22. The maximum Gasteiger partial charge on any atom is 0.321 e. The van der Waals surface area contributed by atoms with Gasteiger partial charge in [-0.1, -0.05) is 12.1 Å². The molecule has 1 aromatic carbocycles. The van der Waals surface area contributed by atoms with E-state index in [0.717, 1.165) is 6.54 Å². The van der Waals surface area contributed by atoms with Crippen LogP contribution in [0.15, 0.2) is 24.3 Å². The van der Waals surface area contributed by atoms with Gasteiger partial charge in [0.25, 0.3) is 0 Å². The van der Waals surface area contributed by atoms with Crippen LogP contribution in [-0.2, 0) is 0 Å². The lowest BCUT2D eigenvalue weighted by Gasteiger charge is -2.33. The molecule has 5 nitrogen and oxygen atoms in total. The van der Waals surface area contributed by atoms with Gasteiger partial charge in [0.15, 0.2) is 0 Å². The smallest absolute Gasteiger partial charge is 0.321 e. The molecule has 2 N–H and O–H groups in total. The Balaban J connectivity index is 2.25. The van der Waals surface area contributed by atoms with Crippen molar-refractivity contribution in [2.45, 2.75) is 0 Å². The van der Waals surface area contributed by atoms with Crippen LogP contribution in [0.2, 0.25) is 0 Å². The number of nitriles is 1. The average molecular weight is 244 g/mol. The number of benzene rings is 1. The van der Waals surface area contributed by atoms with Gasteiger partial charge in [0.1, 0.15) is 6.07 Å². The second-order valence-electron chi connectivity index (χ2n) is 4.35. The summed E-state index contributed by atoms with van der Waals surface area (Å²) >= 11 is 0. The number of carbonyl (C=O) groups is 1. The Morgan fingerprint density at radius 3 is 3.06 bits per heavy atom. The van der Waals surface area contributed by atoms with Crippen LogP contribution in [0.4, 0.5) is 10.5 Å². The summed E-state index contributed by atoms with van der Waals surface area (Å²) < 4.78 is 0. The summed E-state index contributed by atoms with van der Waals surface area (Å²) in [5.41, 5.74) is 1.20. The molecular formula is C13H16N4O. The van der Waals surface area contributed by atoms with Crippen LogP contribution in [0.1, 0.15) is 5.56 Å². The van der Waals surface area contributed by atoms with Crippen molar-refractivity contribution in [3.05, 3.63) is 29.8 Å². The summed E-state index contributed by atoms with van der Waals surface area (Å²) in [6.07, 6.45) is 0. The minimum atomic E-state index is -0.134. The predicted molar refractivity (Wildman–Crippen MR) is 69.3 cm³/mol. The molecule has 0 aromatic heterocycles. The number of hydrogen-bond donors (Lipinski definition) is 2. The number of nitrogens with zero attached hydrogens (tertiary/aromatic N) is 2. The lowest BCUT2D eigenvalue weighted by atomic mass is 10.1. The average Bonchev–Trinajstić information content (AvgIpc) is 2.41. The number of hydrogen-bond acceptors (Lipinski definition) is 3. The quantitative estimate of drug-likeness (QED) is 0.831. The second kappa shape index (κ2) is 5.52. The highest BCUT2D eigenvalue weighted by Gasteiger charge is 2.27. The summed E-state index contributed by atoms with van der Waals surface area (Å²) in [5.74, 6) is 0.347. The molecule has 5 heteroatoms. The van der Waals surface area contributed by atoms with Crippen molar-refractivity contribution in [2.75, 3.05) is 31.6 Å². The largest absolute Gasteiger partial charge is 0.337 e. The molecule has 1 atom stereocenters. The van der Waals surface area contributed by atoms with E-state index in [2.05, 4.69) is 16.7 Å². The van der Waals surface area contributed by atoms with E-state index in [0.29, 0.717) is 30.3 Å². The van der Waals surface area contributed by atoms with Crippen LogP contribution in [-0.4, -0.2) is 32.7 Å². The van der Waals surface area contributed by atoms with Gasteiger partial charge in [-0.2, -0.15) is 5.26 Å². The van der Waals surface area contributed by atoms with Crippen molar-refractivity contribution in [2.24, 2.45) is 5.92 Å². The van der Waals surface area contributed by atoms with Crippen molar-refractivity contribution in [3.8, 4) is 6.07 Å². The molecule has 2 rings (SSSR count). The van der Waals surface area contributed by atoms with Crippen molar-refractivity contribution in [3.63, 3.8) is 0 Å². The Labute approximate surface area is 106 Å². The topological polar surface area (TPSA) is 68.2 Å². The normalized spacial score (nSPS) is 19.2. The van der Waals surface area contributed by atoms with E-state index in [1.54, 1.807) is 23.1 Å². The lowest BCUT2D eigenvalue weighted by Crippen LogP contribution is -2.53. The maximum absolute atomic E-state index is 11.9. The Morgan fingerprint density at radius 1 is 1.56 bits per heavy atom. The fraction of sp³-hybridized carbons (Fsp3) is 0.385. The van der Waals surface area contributed by atoms with Gasteiger partial charge in [-0.15, -0.1) is 0 Å². The first-order valence-corrected chi connectivity index (χ1v) is 5.95. The summed E-state index contributed by atoms with van der Waals surface area (Å²) in [7, 11) is 1.89. The number of rotatable bonds is 3. The third kappa shape index (κ3) is 2.44. The Kier molecular flexibility index (Phi) is 3.80. The van der Waals surface area contributed by atoms with Gasteiger partial charge in [-0.25, -0.2) is 4.79 Å². The first-order chi connectivity index (χ1) is 8.76. The molecule has 1 aromatic rings. The zero-order valence-corrected chi connectivity index (χ0v) is 10.3. The first-order valence-electron chi connectivity index (χ1n) is 5.95. The van der Waals surface area contributed by atoms with E-state index in [-0.39, 0.29) is 6.03 Å². The van der Waals surface area contributed by atoms with Crippen molar-refractivity contribution >= 4 is 11.7 Å². The standard InChI is InChI=1S/C13H16N4O/c1-15-7-10-8-16-13(18)17(9-10)12-5-3-2-4-11(12)6-14/h2-5,10,15H,7-9H2,1H3,(H,16,18). The summed E-state index contributed by atoms with van der Waals surface area (Å²) in [4.78, 5) is 13.5. The third-order valence-electron chi connectivity index (χ3n) is 3.04. The van der Waals surface area contributed by atoms with Gasteiger partial charge in [0.05, 0.1) is 11.3 Å². The van der Waals surface area contributed by atoms with E-state index >= 15 is 0 Å². The number of para-hydroxylation sites is 1. The molecule has 1 heterocycles. The fourth-order valence-electron chi connectivity index (χ4n) is 2.17. The minimum absolute atomic E-state index is 0.134. The number of urea groups is 1. The maximum atomic E-state index is 11.9. The van der Waals surface area contributed by atoms with Crippen LogP contribution in [0.3, 0.4) is 0 Å². The molecule has 18 heavy (non-hydrogen) atoms. The molecular weight excluding hydrogens is 228 g/mol. The van der Waals surface area contributed by atoms with E-state index in [9.17, 15) is 4.79 Å². The van der Waals surface area contributed by atoms with Gasteiger partial charge >= 0.3 is 6.03 Å². The van der Waals surface area contributed by atoms with Crippen LogP contribution in [0.5, 0.6) is 0 Å². The van der Waals surface area contributed by atoms with Crippen molar-refractivity contribution < 1.29 is 4.79 Å². The lowest BCUT2D eigenvalue weighted by molar-refractivity contribution is 0.236. The summed E-state index contributed by atoms with van der Waals surface area (Å²) in [5, 5.41) is 15.0. The molecule has 0 spiro atoms. The van der Waals surface area contributed by atoms with Gasteiger partial charge in [-0.05, 0) is 19.2 Å². The summed E-state index contributed by atoms with van der Waals surface area (Å²) in [6.45, 7) is 2.14.